The van der Waals surface area contributed by atoms with E-state index < -0.39 is 17.6 Å². The smallest absolute Gasteiger partial charge is 0.353 e. The summed E-state index contributed by atoms with van der Waals surface area (Å²) in [4.78, 5) is 32.8. The second-order valence-electron chi connectivity index (χ2n) is 8.25. The monoisotopic (exact) mass is 446 g/mol. The largest absolute Gasteiger partial charge is 0.416 e. The fourth-order valence-electron chi connectivity index (χ4n) is 3.76. The number of rotatable bonds is 6. The molecule has 2 aliphatic rings. The number of anilines is 1. The lowest BCUT2D eigenvalue weighted by Crippen LogP contribution is -2.49. The van der Waals surface area contributed by atoms with Gasteiger partial charge in [-0.1, -0.05) is 18.9 Å². The Morgan fingerprint density at radius 2 is 1.78 bits per heavy atom. The van der Waals surface area contributed by atoms with E-state index in [0.717, 1.165) is 24.5 Å². The summed E-state index contributed by atoms with van der Waals surface area (Å²) in [6.07, 6.45) is 0.583. The van der Waals surface area contributed by atoms with Crippen LogP contribution in [0.3, 0.4) is 0 Å². The molecule has 9 heteroatoms. The number of nitrogens with zero attached hydrogens (tertiary/aromatic N) is 3. The van der Waals surface area contributed by atoms with Gasteiger partial charge in [0.05, 0.1) is 11.1 Å². The summed E-state index contributed by atoms with van der Waals surface area (Å²) < 4.78 is 38.8. The Bertz CT molecular complexity index is 966. The van der Waals surface area contributed by atoms with Gasteiger partial charge < -0.3 is 15.1 Å². The molecule has 0 atom stereocenters. The number of benzene rings is 1. The summed E-state index contributed by atoms with van der Waals surface area (Å²) in [6.45, 7) is 2.43. The highest BCUT2D eigenvalue weighted by Crippen LogP contribution is 2.32. The quantitative estimate of drug-likeness (QED) is 0.737. The number of alkyl halides is 3. The van der Waals surface area contributed by atoms with E-state index in [-0.39, 0.29) is 11.5 Å². The van der Waals surface area contributed by atoms with Crippen LogP contribution in [0.5, 0.6) is 0 Å². The van der Waals surface area contributed by atoms with Gasteiger partial charge in [-0.25, -0.2) is 4.98 Å². The number of pyridine rings is 1. The molecule has 2 amide bonds. The molecular weight excluding hydrogens is 421 g/mol. The zero-order valence-electron chi connectivity index (χ0n) is 17.6. The molecule has 1 N–H and O–H groups in total. The number of carbonyl (C=O) groups excluding carboxylic acids is 2. The third-order valence-electron chi connectivity index (χ3n) is 5.87. The molecule has 1 aliphatic heterocycles. The van der Waals surface area contributed by atoms with Gasteiger partial charge >= 0.3 is 6.18 Å². The SMILES string of the molecule is O=C(NCCC1CC1)c1ccc(N2CCN(C(=O)c3cccc(C(F)(F)F)c3)CC2)nc1. The second kappa shape index (κ2) is 9.18. The molecular formula is C23H25F3N4O2. The van der Waals surface area contributed by atoms with Crippen LogP contribution in [0.1, 0.15) is 45.5 Å². The molecule has 0 unspecified atom stereocenters. The van der Waals surface area contributed by atoms with Crippen LogP contribution >= 0.6 is 0 Å². The van der Waals surface area contributed by atoms with E-state index >= 15 is 0 Å². The third-order valence-corrected chi connectivity index (χ3v) is 5.87. The van der Waals surface area contributed by atoms with Gasteiger partial charge in [-0.05, 0) is 42.7 Å². The maximum Gasteiger partial charge on any atom is 0.416 e. The average Bonchev–Trinajstić information content (AvgIpc) is 3.63. The highest BCUT2D eigenvalue weighted by atomic mass is 19.4. The van der Waals surface area contributed by atoms with Gasteiger partial charge in [0.15, 0.2) is 0 Å². The zero-order valence-corrected chi connectivity index (χ0v) is 17.6. The third kappa shape index (κ3) is 5.38. The van der Waals surface area contributed by atoms with E-state index in [1.54, 1.807) is 23.2 Å². The normalized spacial score (nSPS) is 16.7. The van der Waals surface area contributed by atoms with Gasteiger partial charge in [0.2, 0.25) is 0 Å². The van der Waals surface area contributed by atoms with E-state index in [0.29, 0.717) is 44.1 Å². The van der Waals surface area contributed by atoms with Crippen LogP contribution in [0, 0.1) is 5.92 Å². The van der Waals surface area contributed by atoms with Crippen molar-refractivity contribution < 1.29 is 22.8 Å². The van der Waals surface area contributed by atoms with Crippen LogP contribution in [0.2, 0.25) is 0 Å². The van der Waals surface area contributed by atoms with E-state index in [2.05, 4.69) is 10.3 Å². The molecule has 1 aromatic carbocycles. The summed E-state index contributed by atoms with van der Waals surface area (Å²) >= 11 is 0. The lowest BCUT2D eigenvalue weighted by Gasteiger charge is -2.35. The zero-order chi connectivity index (χ0) is 22.7. The average molecular weight is 446 g/mol. The number of piperazine rings is 1. The van der Waals surface area contributed by atoms with Crippen molar-refractivity contribution >= 4 is 17.6 Å². The van der Waals surface area contributed by atoms with Crippen LogP contribution in [0.15, 0.2) is 42.6 Å². The van der Waals surface area contributed by atoms with Crippen LogP contribution in [-0.4, -0.2) is 54.4 Å². The molecule has 2 aromatic rings. The molecule has 170 valence electrons. The second-order valence-corrected chi connectivity index (χ2v) is 8.25. The van der Waals surface area contributed by atoms with Crippen LogP contribution in [-0.2, 0) is 6.18 Å². The Kier molecular flexibility index (Phi) is 6.34. The lowest BCUT2D eigenvalue weighted by molar-refractivity contribution is -0.137. The first kappa shape index (κ1) is 22.1. The van der Waals surface area contributed by atoms with E-state index in [1.165, 1.54) is 25.0 Å². The summed E-state index contributed by atoms with van der Waals surface area (Å²) in [7, 11) is 0. The van der Waals surface area contributed by atoms with Crippen molar-refractivity contribution in [2.24, 2.45) is 5.92 Å². The minimum Gasteiger partial charge on any atom is -0.353 e. The van der Waals surface area contributed by atoms with Gasteiger partial charge in [0.1, 0.15) is 5.82 Å². The molecule has 0 spiro atoms. The summed E-state index contributed by atoms with van der Waals surface area (Å²) in [5.41, 5.74) is -0.297. The van der Waals surface area contributed by atoms with Crippen LogP contribution in [0.4, 0.5) is 19.0 Å². The predicted octanol–water partition coefficient (Wildman–Crippen LogP) is 3.59. The predicted molar refractivity (Wildman–Crippen MR) is 113 cm³/mol. The standard InChI is InChI=1S/C23H25F3N4O2/c24-23(25,26)19-3-1-2-17(14-19)22(32)30-12-10-29(11-13-30)20-7-6-18(15-28-20)21(31)27-9-8-16-4-5-16/h1-3,6-7,14-16H,4-5,8-13H2,(H,27,31). The Morgan fingerprint density at radius 1 is 1.03 bits per heavy atom. The van der Waals surface area contributed by atoms with E-state index in [1.807, 2.05) is 4.90 Å². The van der Waals surface area contributed by atoms with Crippen LogP contribution in [0.25, 0.3) is 0 Å². The van der Waals surface area contributed by atoms with Crippen molar-refractivity contribution in [2.45, 2.75) is 25.4 Å². The molecule has 6 nitrogen and oxygen atoms in total. The first-order chi connectivity index (χ1) is 15.3. The minimum absolute atomic E-state index is 0.0310. The number of aromatic nitrogens is 1. The molecule has 0 radical (unpaired) electrons. The van der Waals surface area contributed by atoms with Gasteiger partial charge in [-0.2, -0.15) is 13.2 Å². The maximum atomic E-state index is 12.9. The number of hydrogen-bond donors (Lipinski definition) is 1. The van der Waals surface area contributed by atoms with E-state index in [4.69, 9.17) is 0 Å². The van der Waals surface area contributed by atoms with Crippen LogP contribution < -0.4 is 10.2 Å². The van der Waals surface area contributed by atoms with E-state index in [9.17, 15) is 22.8 Å². The van der Waals surface area contributed by atoms with Gasteiger partial charge in [0, 0.05) is 44.5 Å². The topological polar surface area (TPSA) is 65.5 Å². The van der Waals surface area contributed by atoms with Crippen molar-refractivity contribution in [3.63, 3.8) is 0 Å². The highest BCUT2D eigenvalue weighted by Gasteiger charge is 2.32. The number of nitrogens with one attached hydrogen (secondary N) is 1. The highest BCUT2D eigenvalue weighted by molar-refractivity contribution is 5.95. The molecule has 2 fully saturated rings. The Hall–Kier alpha value is -3.10. The van der Waals surface area contributed by atoms with Crippen molar-refractivity contribution in [2.75, 3.05) is 37.6 Å². The first-order valence-corrected chi connectivity index (χ1v) is 10.8. The Labute approximate surface area is 184 Å². The molecule has 1 saturated carbocycles. The molecule has 2 heterocycles. The fraction of sp³-hybridized carbons (Fsp3) is 0.435. The van der Waals surface area contributed by atoms with Crippen molar-refractivity contribution in [1.82, 2.24) is 15.2 Å². The first-order valence-electron chi connectivity index (χ1n) is 10.8. The number of halogens is 3. The molecule has 0 bridgehead atoms. The Balaban J connectivity index is 1.30. The summed E-state index contributed by atoms with van der Waals surface area (Å²) in [5.74, 6) is 0.906. The molecule has 4 rings (SSSR count). The molecule has 1 aliphatic carbocycles. The van der Waals surface area contributed by atoms with Gasteiger partial charge in [-0.3, -0.25) is 9.59 Å². The van der Waals surface area contributed by atoms with Crippen molar-refractivity contribution in [1.29, 1.82) is 0 Å². The number of hydrogen-bond acceptors (Lipinski definition) is 4. The fourth-order valence-corrected chi connectivity index (χ4v) is 3.76. The molecule has 1 aromatic heterocycles. The van der Waals surface area contributed by atoms with Gasteiger partial charge in [0.25, 0.3) is 11.8 Å². The van der Waals surface area contributed by atoms with Crippen molar-refractivity contribution in [3.8, 4) is 0 Å². The Morgan fingerprint density at radius 3 is 2.41 bits per heavy atom. The summed E-state index contributed by atoms with van der Waals surface area (Å²) in [5, 5.41) is 2.91. The number of carbonyl (C=O) groups is 2. The minimum atomic E-state index is -4.49. The van der Waals surface area contributed by atoms with Gasteiger partial charge in [-0.15, -0.1) is 0 Å². The molecule has 32 heavy (non-hydrogen) atoms. The molecule has 1 saturated heterocycles. The summed E-state index contributed by atoms with van der Waals surface area (Å²) in [6, 6.07) is 8.01. The lowest BCUT2D eigenvalue weighted by atomic mass is 10.1. The van der Waals surface area contributed by atoms with Crippen molar-refractivity contribution in [3.05, 3.63) is 59.3 Å². The number of amides is 2. The maximum absolute atomic E-state index is 12.9.